The second-order valence-corrected chi connectivity index (χ2v) is 10.7. The van der Waals surface area contributed by atoms with Crippen molar-refractivity contribution >= 4 is 39.0 Å². The monoisotopic (exact) mass is 466 g/mol. The Bertz CT molecular complexity index is 1010. The lowest BCUT2D eigenvalue weighted by Crippen LogP contribution is -2.49. The van der Waals surface area contributed by atoms with Crippen LogP contribution in [0, 0.1) is 0 Å². The maximum absolute atomic E-state index is 13.0. The summed E-state index contributed by atoms with van der Waals surface area (Å²) >= 11 is 1.20. The minimum absolute atomic E-state index is 0.143. The number of aromatic nitrogens is 2. The van der Waals surface area contributed by atoms with Gasteiger partial charge in [-0.1, -0.05) is 0 Å². The fraction of sp³-hybridized carbons (Fsp3) is 0.526. The molecule has 1 amide bonds. The zero-order valence-corrected chi connectivity index (χ0v) is 19.0. The number of sulfonamides is 1. The van der Waals surface area contributed by atoms with E-state index in [0.717, 1.165) is 23.8 Å². The van der Waals surface area contributed by atoms with Crippen molar-refractivity contribution in [1.82, 2.24) is 19.6 Å². The van der Waals surface area contributed by atoms with Crippen LogP contribution in [0.4, 0.5) is 11.8 Å². The van der Waals surface area contributed by atoms with Gasteiger partial charge in [0.05, 0.1) is 19.8 Å². The first-order valence-electron chi connectivity index (χ1n) is 10.2. The van der Waals surface area contributed by atoms with Crippen molar-refractivity contribution in [3.63, 3.8) is 0 Å². The molecule has 4 heterocycles. The molecule has 0 spiro atoms. The number of rotatable bonds is 6. The van der Waals surface area contributed by atoms with E-state index in [-0.39, 0.29) is 5.91 Å². The van der Waals surface area contributed by atoms with Crippen molar-refractivity contribution in [2.75, 3.05) is 62.3 Å². The Kier molecular flexibility index (Phi) is 6.70. The number of nitrogens with zero attached hydrogens (tertiary/aromatic N) is 5. The SMILES string of the molecule is CC(=O)NCc1ccc(S(=O)(=O)N2CCN(c3ccnc(N4CCOCC4)n3)CC2)s1. The number of piperazine rings is 1. The molecule has 2 aliphatic rings. The topological polar surface area (TPSA) is 108 Å². The summed E-state index contributed by atoms with van der Waals surface area (Å²) in [7, 11) is -3.55. The summed E-state index contributed by atoms with van der Waals surface area (Å²) in [5.74, 6) is 1.35. The van der Waals surface area contributed by atoms with E-state index in [0.29, 0.717) is 56.1 Å². The Hall–Kier alpha value is -2.28. The van der Waals surface area contributed by atoms with E-state index in [9.17, 15) is 13.2 Å². The molecule has 0 radical (unpaired) electrons. The molecule has 0 bridgehead atoms. The predicted octanol–water partition coefficient (Wildman–Crippen LogP) is 0.522. The number of hydrogen-bond donors (Lipinski definition) is 1. The lowest BCUT2D eigenvalue weighted by atomic mass is 10.3. The van der Waals surface area contributed by atoms with Crippen molar-refractivity contribution in [1.29, 1.82) is 0 Å². The fourth-order valence-electron chi connectivity index (χ4n) is 3.52. The Labute approximate surface area is 185 Å². The molecule has 10 nitrogen and oxygen atoms in total. The quantitative estimate of drug-likeness (QED) is 0.657. The molecule has 12 heteroatoms. The number of anilines is 2. The standard InChI is InChI=1S/C19H26N6O4S2/c1-15(26)21-14-16-2-3-18(30-16)31(27,28)25-8-6-23(7-9-25)17-4-5-20-19(22-17)24-10-12-29-13-11-24/h2-5H,6-14H2,1H3,(H,21,26). The van der Waals surface area contributed by atoms with Crippen LogP contribution in [0.5, 0.6) is 0 Å². The molecule has 0 atom stereocenters. The van der Waals surface area contributed by atoms with Crippen molar-refractivity contribution in [3.05, 3.63) is 29.3 Å². The Morgan fingerprint density at radius 2 is 1.84 bits per heavy atom. The predicted molar refractivity (Wildman–Crippen MR) is 118 cm³/mol. The molecule has 0 unspecified atom stereocenters. The summed E-state index contributed by atoms with van der Waals surface area (Å²) < 4.78 is 33.3. The zero-order chi connectivity index (χ0) is 21.8. The van der Waals surface area contributed by atoms with Crippen LogP contribution >= 0.6 is 11.3 Å². The summed E-state index contributed by atoms with van der Waals surface area (Å²) in [5, 5.41) is 2.69. The molecular weight excluding hydrogens is 440 g/mol. The largest absolute Gasteiger partial charge is 0.378 e. The Morgan fingerprint density at radius 1 is 1.10 bits per heavy atom. The van der Waals surface area contributed by atoms with Gasteiger partial charge in [0.15, 0.2) is 0 Å². The summed E-state index contributed by atoms with van der Waals surface area (Å²) in [6.45, 7) is 6.52. The van der Waals surface area contributed by atoms with Crippen LogP contribution in [0.15, 0.2) is 28.6 Å². The van der Waals surface area contributed by atoms with Crippen molar-refractivity contribution < 1.29 is 17.9 Å². The third-order valence-corrected chi connectivity index (χ3v) is 8.68. The lowest BCUT2D eigenvalue weighted by Gasteiger charge is -2.35. The van der Waals surface area contributed by atoms with Crippen LogP contribution in [0.25, 0.3) is 0 Å². The highest BCUT2D eigenvalue weighted by atomic mass is 32.2. The first kappa shape index (κ1) is 21.9. The van der Waals surface area contributed by atoms with Gasteiger partial charge < -0.3 is 19.9 Å². The third kappa shape index (κ3) is 5.14. The molecule has 31 heavy (non-hydrogen) atoms. The van der Waals surface area contributed by atoms with E-state index < -0.39 is 10.0 Å². The molecule has 0 aromatic carbocycles. The smallest absolute Gasteiger partial charge is 0.252 e. The average Bonchev–Trinajstić information content (AvgIpc) is 3.29. The van der Waals surface area contributed by atoms with Crippen LogP contribution in [-0.4, -0.2) is 81.1 Å². The number of morpholine rings is 1. The molecule has 2 aromatic rings. The molecule has 2 fully saturated rings. The average molecular weight is 467 g/mol. The van der Waals surface area contributed by atoms with Gasteiger partial charge in [-0.05, 0) is 18.2 Å². The molecule has 4 rings (SSSR count). The number of ether oxygens (including phenoxy) is 1. The van der Waals surface area contributed by atoms with Crippen molar-refractivity contribution in [2.45, 2.75) is 17.7 Å². The van der Waals surface area contributed by atoms with Gasteiger partial charge in [-0.15, -0.1) is 11.3 Å². The minimum atomic E-state index is -3.55. The van der Waals surface area contributed by atoms with Gasteiger partial charge in [0.25, 0.3) is 10.0 Å². The molecular formula is C19H26N6O4S2. The molecule has 2 saturated heterocycles. The molecule has 0 aliphatic carbocycles. The lowest BCUT2D eigenvalue weighted by molar-refractivity contribution is -0.119. The van der Waals surface area contributed by atoms with Crippen LogP contribution in [-0.2, 0) is 26.1 Å². The van der Waals surface area contributed by atoms with Crippen LogP contribution in [0.2, 0.25) is 0 Å². The fourth-order valence-corrected chi connectivity index (χ4v) is 6.39. The van der Waals surface area contributed by atoms with Crippen LogP contribution in [0.1, 0.15) is 11.8 Å². The summed E-state index contributed by atoms with van der Waals surface area (Å²) in [6.07, 6.45) is 1.75. The number of thiophene rings is 1. The third-order valence-electron chi connectivity index (χ3n) is 5.23. The second-order valence-electron chi connectivity index (χ2n) is 7.34. The van der Waals surface area contributed by atoms with Gasteiger partial charge in [0, 0.05) is 57.3 Å². The summed E-state index contributed by atoms with van der Waals surface area (Å²) in [5.41, 5.74) is 0. The minimum Gasteiger partial charge on any atom is -0.378 e. The molecule has 1 N–H and O–H groups in total. The van der Waals surface area contributed by atoms with E-state index in [4.69, 9.17) is 4.74 Å². The molecule has 2 aromatic heterocycles. The van der Waals surface area contributed by atoms with E-state index in [1.54, 1.807) is 18.3 Å². The van der Waals surface area contributed by atoms with E-state index in [2.05, 4.69) is 25.1 Å². The number of nitrogens with one attached hydrogen (secondary N) is 1. The highest BCUT2D eigenvalue weighted by Gasteiger charge is 2.30. The van der Waals surface area contributed by atoms with Crippen LogP contribution < -0.4 is 15.1 Å². The normalized spacial score (nSPS) is 18.2. The summed E-state index contributed by atoms with van der Waals surface area (Å²) in [4.78, 5) is 25.1. The summed E-state index contributed by atoms with van der Waals surface area (Å²) in [6, 6.07) is 5.22. The molecule has 0 saturated carbocycles. The Morgan fingerprint density at radius 3 is 2.55 bits per heavy atom. The highest BCUT2D eigenvalue weighted by Crippen LogP contribution is 2.26. The van der Waals surface area contributed by atoms with Crippen LogP contribution in [0.3, 0.4) is 0 Å². The van der Waals surface area contributed by atoms with Crippen molar-refractivity contribution in [2.24, 2.45) is 0 Å². The van der Waals surface area contributed by atoms with Gasteiger partial charge in [-0.3, -0.25) is 4.79 Å². The number of carbonyl (C=O) groups is 1. The maximum atomic E-state index is 13.0. The van der Waals surface area contributed by atoms with Gasteiger partial charge in [-0.25, -0.2) is 13.4 Å². The molecule has 168 valence electrons. The van der Waals surface area contributed by atoms with E-state index in [1.165, 1.54) is 22.6 Å². The maximum Gasteiger partial charge on any atom is 0.252 e. The first-order chi connectivity index (χ1) is 14.9. The highest BCUT2D eigenvalue weighted by molar-refractivity contribution is 7.91. The number of carbonyl (C=O) groups excluding carboxylic acids is 1. The van der Waals surface area contributed by atoms with Gasteiger partial charge >= 0.3 is 0 Å². The van der Waals surface area contributed by atoms with Crippen molar-refractivity contribution in [3.8, 4) is 0 Å². The zero-order valence-electron chi connectivity index (χ0n) is 17.4. The number of amides is 1. The van der Waals surface area contributed by atoms with E-state index >= 15 is 0 Å². The van der Waals surface area contributed by atoms with Gasteiger partial charge in [-0.2, -0.15) is 9.29 Å². The second kappa shape index (κ2) is 9.47. The van der Waals surface area contributed by atoms with E-state index in [1.807, 2.05) is 6.07 Å². The first-order valence-corrected chi connectivity index (χ1v) is 12.4. The van der Waals surface area contributed by atoms with Gasteiger partial charge in [0.2, 0.25) is 11.9 Å². The van der Waals surface area contributed by atoms with Gasteiger partial charge in [0.1, 0.15) is 10.0 Å². The Balaban J connectivity index is 1.38. The number of hydrogen-bond acceptors (Lipinski definition) is 9. The molecule has 2 aliphatic heterocycles.